The molecular formula is C11H19NOS. The van der Waals surface area contributed by atoms with Gasteiger partial charge in [-0.2, -0.15) is 12.6 Å². The average Bonchev–Trinajstić information content (AvgIpc) is 2.83. The molecule has 2 aliphatic rings. The Labute approximate surface area is 91.2 Å². The number of carbonyl (C=O) groups excluding carboxylic acids is 1. The van der Waals surface area contributed by atoms with Gasteiger partial charge in [0.1, 0.15) is 0 Å². The zero-order valence-corrected chi connectivity index (χ0v) is 9.65. The maximum Gasteiger partial charge on any atom is 0.217 e. The summed E-state index contributed by atoms with van der Waals surface area (Å²) in [7, 11) is 0. The molecule has 0 saturated heterocycles. The molecule has 80 valence electrons. The van der Waals surface area contributed by atoms with Gasteiger partial charge < -0.3 is 5.32 Å². The normalized spacial score (nSPS) is 41.0. The van der Waals surface area contributed by atoms with E-state index in [1.54, 1.807) is 6.92 Å². The summed E-state index contributed by atoms with van der Waals surface area (Å²) in [6, 6.07) is 0.444. The van der Waals surface area contributed by atoms with Gasteiger partial charge in [0.25, 0.3) is 0 Å². The fraction of sp³-hybridized carbons (Fsp3) is 0.909. The molecule has 14 heavy (non-hydrogen) atoms. The van der Waals surface area contributed by atoms with Crippen LogP contribution >= 0.6 is 12.6 Å². The van der Waals surface area contributed by atoms with Crippen LogP contribution in [-0.2, 0) is 4.79 Å². The number of rotatable bonds is 2. The maximum absolute atomic E-state index is 10.9. The topological polar surface area (TPSA) is 29.1 Å². The van der Waals surface area contributed by atoms with E-state index in [1.807, 2.05) is 0 Å². The van der Waals surface area contributed by atoms with E-state index < -0.39 is 0 Å². The number of hydrogen-bond donors (Lipinski definition) is 2. The molecule has 0 aromatic heterocycles. The molecule has 0 heterocycles. The van der Waals surface area contributed by atoms with Crippen molar-refractivity contribution >= 4 is 18.5 Å². The third-order valence-electron chi connectivity index (χ3n) is 3.97. The maximum atomic E-state index is 10.9. The van der Waals surface area contributed by atoms with Crippen molar-refractivity contribution in [3.05, 3.63) is 0 Å². The molecule has 0 radical (unpaired) electrons. The summed E-state index contributed by atoms with van der Waals surface area (Å²) < 4.78 is 0. The Kier molecular flexibility index (Phi) is 2.78. The molecule has 0 aliphatic heterocycles. The molecule has 2 rings (SSSR count). The second-order valence-corrected chi connectivity index (χ2v) is 5.29. The van der Waals surface area contributed by atoms with Crippen molar-refractivity contribution in [3.63, 3.8) is 0 Å². The first-order chi connectivity index (χ1) is 6.66. The minimum absolute atomic E-state index is 0.118. The molecule has 0 bridgehead atoms. The van der Waals surface area contributed by atoms with E-state index in [4.69, 9.17) is 0 Å². The highest BCUT2D eigenvalue weighted by Gasteiger charge is 2.53. The van der Waals surface area contributed by atoms with Crippen molar-refractivity contribution in [2.75, 3.05) is 5.75 Å². The van der Waals surface area contributed by atoms with Gasteiger partial charge in [-0.3, -0.25) is 4.79 Å². The summed E-state index contributed by atoms with van der Waals surface area (Å²) in [5, 5.41) is 3.02. The number of thiol groups is 1. The molecule has 1 unspecified atom stereocenters. The van der Waals surface area contributed by atoms with E-state index in [0.29, 0.717) is 11.5 Å². The summed E-state index contributed by atoms with van der Waals surface area (Å²) in [4.78, 5) is 10.9. The Morgan fingerprint density at radius 1 is 1.50 bits per heavy atom. The largest absolute Gasteiger partial charge is 0.354 e. The zero-order chi connectivity index (χ0) is 10.2. The van der Waals surface area contributed by atoms with Crippen LogP contribution in [0, 0.1) is 11.3 Å². The molecule has 1 N–H and O–H groups in total. The summed E-state index contributed by atoms with van der Waals surface area (Å²) in [6.45, 7) is 1.61. The first-order valence-corrected chi connectivity index (χ1v) is 6.17. The van der Waals surface area contributed by atoms with Gasteiger partial charge in [0, 0.05) is 13.0 Å². The molecule has 1 atom stereocenters. The Morgan fingerprint density at radius 2 is 2.14 bits per heavy atom. The van der Waals surface area contributed by atoms with Crippen LogP contribution in [0.1, 0.15) is 39.0 Å². The number of nitrogens with one attached hydrogen (secondary N) is 1. The van der Waals surface area contributed by atoms with Gasteiger partial charge in [-0.15, -0.1) is 0 Å². The van der Waals surface area contributed by atoms with Crippen LogP contribution in [0.5, 0.6) is 0 Å². The first kappa shape index (κ1) is 10.3. The molecule has 2 aliphatic carbocycles. The van der Waals surface area contributed by atoms with Crippen LogP contribution in [0.15, 0.2) is 0 Å². The van der Waals surface area contributed by atoms with E-state index >= 15 is 0 Å². The lowest BCUT2D eigenvalue weighted by molar-refractivity contribution is -0.119. The third-order valence-corrected chi connectivity index (χ3v) is 4.41. The van der Waals surface area contributed by atoms with Crippen LogP contribution in [0.2, 0.25) is 0 Å². The fourth-order valence-electron chi connectivity index (χ4n) is 2.93. The molecule has 2 fully saturated rings. The van der Waals surface area contributed by atoms with Crippen LogP contribution in [-0.4, -0.2) is 17.7 Å². The van der Waals surface area contributed by atoms with Crippen molar-refractivity contribution in [2.45, 2.75) is 45.1 Å². The highest BCUT2D eigenvalue weighted by molar-refractivity contribution is 7.80. The molecule has 3 heteroatoms. The van der Waals surface area contributed by atoms with E-state index in [9.17, 15) is 4.79 Å². The minimum Gasteiger partial charge on any atom is -0.354 e. The Hall–Kier alpha value is -0.180. The van der Waals surface area contributed by atoms with Gasteiger partial charge in [-0.05, 0) is 49.2 Å². The zero-order valence-electron chi connectivity index (χ0n) is 8.75. The van der Waals surface area contributed by atoms with Crippen LogP contribution in [0.25, 0.3) is 0 Å². The van der Waals surface area contributed by atoms with Gasteiger partial charge in [-0.25, -0.2) is 0 Å². The summed E-state index contributed by atoms with van der Waals surface area (Å²) in [5.41, 5.74) is 0.636. The van der Waals surface area contributed by atoms with Crippen LogP contribution < -0.4 is 5.32 Å². The number of amides is 1. The predicted molar refractivity (Wildman–Crippen MR) is 60.5 cm³/mol. The molecule has 0 aromatic rings. The van der Waals surface area contributed by atoms with Crippen molar-refractivity contribution in [1.29, 1.82) is 0 Å². The lowest BCUT2D eigenvalue weighted by Crippen LogP contribution is -2.36. The van der Waals surface area contributed by atoms with Crippen molar-refractivity contribution in [1.82, 2.24) is 5.32 Å². The Morgan fingerprint density at radius 3 is 2.57 bits per heavy atom. The number of hydrogen-bond acceptors (Lipinski definition) is 2. The van der Waals surface area contributed by atoms with Gasteiger partial charge in [0.2, 0.25) is 5.91 Å². The van der Waals surface area contributed by atoms with E-state index in [0.717, 1.165) is 11.7 Å². The van der Waals surface area contributed by atoms with Gasteiger partial charge >= 0.3 is 0 Å². The van der Waals surface area contributed by atoms with E-state index in [-0.39, 0.29) is 5.91 Å². The van der Waals surface area contributed by atoms with Gasteiger partial charge in [0.15, 0.2) is 0 Å². The lowest BCUT2D eigenvalue weighted by atomic mass is 9.82. The van der Waals surface area contributed by atoms with Crippen molar-refractivity contribution < 1.29 is 4.79 Å². The lowest BCUT2D eigenvalue weighted by Gasteiger charge is -2.29. The fourth-order valence-corrected chi connectivity index (χ4v) is 3.44. The Balaban J connectivity index is 1.79. The third kappa shape index (κ3) is 1.92. The van der Waals surface area contributed by atoms with E-state index in [1.165, 1.54) is 32.1 Å². The highest BCUT2D eigenvalue weighted by atomic mass is 32.1. The first-order valence-electron chi connectivity index (χ1n) is 5.54. The van der Waals surface area contributed by atoms with Crippen LogP contribution in [0.4, 0.5) is 0 Å². The summed E-state index contributed by atoms with van der Waals surface area (Å²) in [6.07, 6.45) is 6.31. The Bertz CT molecular complexity index is 233. The molecule has 1 amide bonds. The van der Waals surface area contributed by atoms with Gasteiger partial charge in [-0.1, -0.05) is 0 Å². The molecule has 0 aromatic carbocycles. The molecule has 2 saturated carbocycles. The molecule has 1 spiro atoms. The SMILES string of the molecule is CC(=O)NC1CCC2(CC1)CC2CS. The summed E-state index contributed by atoms with van der Waals surface area (Å²) >= 11 is 4.37. The average molecular weight is 213 g/mol. The predicted octanol–water partition coefficient (Wildman–Crippen LogP) is 2.00. The molecular weight excluding hydrogens is 194 g/mol. The molecule has 2 nitrogen and oxygen atoms in total. The van der Waals surface area contributed by atoms with Crippen molar-refractivity contribution in [3.8, 4) is 0 Å². The van der Waals surface area contributed by atoms with E-state index in [2.05, 4.69) is 17.9 Å². The van der Waals surface area contributed by atoms with Crippen LogP contribution in [0.3, 0.4) is 0 Å². The van der Waals surface area contributed by atoms with Crippen molar-refractivity contribution in [2.24, 2.45) is 11.3 Å². The second-order valence-electron chi connectivity index (χ2n) is 4.92. The standard InChI is InChI=1S/C11H19NOS/c1-8(13)12-10-2-4-11(5-3-10)6-9(11)7-14/h9-10,14H,2-7H2,1H3,(H,12,13). The quantitative estimate of drug-likeness (QED) is 0.675. The highest BCUT2D eigenvalue weighted by Crippen LogP contribution is 2.61. The van der Waals surface area contributed by atoms with Gasteiger partial charge in [0.05, 0.1) is 0 Å². The minimum atomic E-state index is 0.118. The second kappa shape index (κ2) is 3.76. The smallest absolute Gasteiger partial charge is 0.217 e. The monoisotopic (exact) mass is 213 g/mol. The summed E-state index contributed by atoms with van der Waals surface area (Å²) in [5.74, 6) is 2.03. The number of carbonyl (C=O) groups is 1.